The number of halogens is 1. The van der Waals surface area contributed by atoms with Crippen LogP contribution >= 0.6 is 11.6 Å². The van der Waals surface area contributed by atoms with Crippen molar-refractivity contribution in [3.05, 3.63) is 64.0 Å². The summed E-state index contributed by atoms with van der Waals surface area (Å²) < 4.78 is 10.6. The minimum atomic E-state index is -1.07. The van der Waals surface area contributed by atoms with Crippen molar-refractivity contribution in [1.29, 1.82) is 0 Å². The second-order valence-corrected chi connectivity index (χ2v) is 5.69. The minimum absolute atomic E-state index is 0.319. The molecule has 0 saturated heterocycles. The fourth-order valence-corrected chi connectivity index (χ4v) is 2.38. The largest absolute Gasteiger partial charge is 0.479 e. The third-order valence-corrected chi connectivity index (χ3v) is 3.78. The second kappa shape index (κ2) is 6.37. The third-order valence-electron chi connectivity index (χ3n) is 3.52. The predicted octanol–water partition coefficient (Wildman–Crippen LogP) is 3.97. The second-order valence-electron chi connectivity index (χ2n) is 5.25. The fourth-order valence-electron chi connectivity index (χ4n) is 2.25. The van der Waals surface area contributed by atoms with Crippen LogP contribution < -0.4 is 10.4 Å². The van der Waals surface area contributed by atoms with E-state index < -0.39 is 17.7 Å². The first kappa shape index (κ1) is 16.1. The van der Waals surface area contributed by atoms with Gasteiger partial charge in [0.15, 0.2) is 6.10 Å². The van der Waals surface area contributed by atoms with Gasteiger partial charge in [0.1, 0.15) is 11.3 Å². The molecule has 6 heteroatoms. The van der Waals surface area contributed by atoms with Crippen molar-refractivity contribution >= 4 is 28.5 Å². The standard InChI is InChI=1S/C18H13ClO5/c1-10(17(20)21)23-14-7-4-12-8-15(18(22)24-16(12)9-14)11-2-5-13(19)6-3-11/h2-10H,1H3,(H,20,21). The lowest BCUT2D eigenvalue weighted by molar-refractivity contribution is -0.144. The Balaban J connectivity index is 2.02. The molecule has 2 aromatic carbocycles. The van der Waals surface area contributed by atoms with Gasteiger partial charge in [0.25, 0.3) is 0 Å². The van der Waals surface area contributed by atoms with Crippen LogP contribution in [0.5, 0.6) is 5.75 Å². The molecule has 0 amide bonds. The van der Waals surface area contributed by atoms with Crippen molar-refractivity contribution in [3.63, 3.8) is 0 Å². The van der Waals surface area contributed by atoms with E-state index in [1.165, 1.54) is 13.0 Å². The zero-order valence-corrected chi connectivity index (χ0v) is 13.4. The number of hydrogen-bond acceptors (Lipinski definition) is 4. The van der Waals surface area contributed by atoms with Crippen molar-refractivity contribution in [3.8, 4) is 16.9 Å². The predicted molar refractivity (Wildman–Crippen MR) is 90.7 cm³/mol. The maximum atomic E-state index is 12.2. The van der Waals surface area contributed by atoms with Gasteiger partial charge in [0.05, 0.1) is 5.56 Å². The molecule has 5 nitrogen and oxygen atoms in total. The van der Waals surface area contributed by atoms with E-state index in [0.717, 1.165) is 0 Å². The molecule has 0 aliphatic carbocycles. The van der Waals surface area contributed by atoms with Crippen molar-refractivity contribution in [2.45, 2.75) is 13.0 Å². The van der Waals surface area contributed by atoms with E-state index in [1.54, 1.807) is 42.5 Å². The first-order chi connectivity index (χ1) is 11.4. The summed E-state index contributed by atoms with van der Waals surface area (Å²) in [7, 11) is 0. The quantitative estimate of drug-likeness (QED) is 0.725. The number of ether oxygens (including phenoxy) is 1. The van der Waals surface area contributed by atoms with Crippen LogP contribution in [0.3, 0.4) is 0 Å². The lowest BCUT2D eigenvalue weighted by atomic mass is 10.1. The van der Waals surface area contributed by atoms with E-state index in [-0.39, 0.29) is 0 Å². The van der Waals surface area contributed by atoms with Crippen LogP contribution in [0, 0.1) is 0 Å². The Hall–Kier alpha value is -2.79. The van der Waals surface area contributed by atoms with Gasteiger partial charge in [-0.2, -0.15) is 0 Å². The molecular formula is C18H13ClO5. The summed E-state index contributed by atoms with van der Waals surface area (Å²) >= 11 is 5.86. The average Bonchev–Trinajstić information content (AvgIpc) is 2.55. The van der Waals surface area contributed by atoms with Crippen molar-refractivity contribution in [2.75, 3.05) is 0 Å². The fraction of sp³-hybridized carbons (Fsp3) is 0.111. The van der Waals surface area contributed by atoms with E-state index in [1.807, 2.05) is 0 Å². The topological polar surface area (TPSA) is 76.7 Å². The molecule has 24 heavy (non-hydrogen) atoms. The highest BCUT2D eigenvalue weighted by Crippen LogP contribution is 2.25. The summed E-state index contributed by atoms with van der Waals surface area (Å²) in [4.78, 5) is 23.1. The Kier molecular flexibility index (Phi) is 4.27. The van der Waals surface area contributed by atoms with E-state index in [4.69, 9.17) is 25.9 Å². The Morgan fingerprint density at radius 3 is 2.54 bits per heavy atom. The van der Waals surface area contributed by atoms with Crippen LogP contribution in [0.1, 0.15) is 6.92 Å². The van der Waals surface area contributed by atoms with Crippen molar-refractivity contribution in [2.24, 2.45) is 0 Å². The van der Waals surface area contributed by atoms with Gasteiger partial charge in [-0.15, -0.1) is 0 Å². The summed E-state index contributed by atoms with van der Waals surface area (Å²) in [6.07, 6.45) is -0.998. The molecule has 1 N–H and O–H groups in total. The molecule has 1 unspecified atom stereocenters. The van der Waals surface area contributed by atoms with Gasteiger partial charge in [-0.3, -0.25) is 0 Å². The highest BCUT2D eigenvalue weighted by atomic mass is 35.5. The van der Waals surface area contributed by atoms with Crippen molar-refractivity contribution < 1.29 is 19.1 Å². The zero-order chi connectivity index (χ0) is 17.3. The summed E-state index contributed by atoms with van der Waals surface area (Å²) in [6, 6.07) is 13.4. The summed E-state index contributed by atoms with van der Waals surface area (Å²) in [6.45, 7) is 1.42. The van der Waals surface area contributed by atoms with Crippen LogP contribution in [0.2, 0.25) is 5.02 Å². The van der Waals surface area contributed by atoms with Gasteiger partial charge in [0, 0.05) is 16.5 Å². The van der Waals surface area contributed by atoms with Crippen LogP contribution in [0.4, 0.5) is 0 Å². The zero-order valence-electron chi connectivity index (χ0n) is 12.7. The molecule has 3 rings (SSSR count). The number of benzene rings is 2. The molecule has 1 aromatic heterocycles. The van der Waals surface area contributed by atoms with E-state index in [2.05, 4.69) is 0 Å². The maximum Gasteiger partial charge on any atom is 0.344 e. The normalized spacial score (nSPS) is 12.1. The molecule has 0 spiro atoms. The first-order valence-electron chi connectivity index (χ1n) is 7.17. The highest BCUT2D eigenvalue weighted by Gasteiger charge is 2.14. The molecule has 1 heterocycles. The van der Waals surface area contributed by atoms with Crippen LogP contribution in [-0.4, -0.2) is 17.2 Å². The SMILES string of the molecule is CC(Oc1ccc2cc(-c3ccc(Cl)cc3)c(=O)oc2c1)C(=O)O. The molecule has 0 fully saturated rings. The van der Waals surface area contributed by atoms with Gasteiger partial charge in [-0.05, 0) is 42.8 Å². The average molecular weight is 345 g/mol. The third kappa shape index (κ3) is 3.26. The molecule has 0 aliphatic heterocycles. The monoisotopic (exact) mass is 344 g/mol. The first-order valence-corrected chi connectivity index (χ1v) is 7.55. The highest BCUT2D eigenvalue weighted by molar-refractivity contribution is 6.30. The molecule has 0 aliphatic rings. The number of fused-ring (bicyclic) bond motifs is 1. The van der Waals surface area contributed by atoms with Gasteiger partial charge in [0.2, 0.25) is 0 Å². The molecule has 3 aromatic rings. The number of rotatable bonds is 4. The van der Waals surface area contributed by atoms with E-state index in [9.17, 15) is 9.59 Å². The van der Waals surface area contributed by atoms with Crippen LogP contribution in [0.15, 0.2) is 57.7 Å². The Morgan fingerprint density at radius 2 is 1.88 bits per heavy atom. The smallest absolute Gasteiger partial charge is 0.344 e. The number of carboxylic acids is 1. The summed E-state index contributed by atoms with van der Waals surface area (Å²) in [5.41, 5.74) is 0.961. The maximum absolute atomic E-state index is 12.2. The van der Waals surface area contributed by atoms with E-state index >= 15 is 0 Å². The molecule has 0 radical (unpaired) electrons. The Labute approximate surface area is 142 Å². The molecule has 1 atom stereocenters. The molecule has 122 valence electrons. The number of carbonyl (C=O) groups is 1. The Morgan fingerprint density at radius 1 is 1.17 bits per heavy atom. The van der Waals surface area contributed by atoms with Gasteiger partial charge in [-0.1, -0.05) is 23.7 Å². The lowest BCUT2D eigenvalue weighted by Crippen LogP contribution is -2.22. The lowest BCUT2D eigenvalue weighted by Gasteiger charge is -2.10. The summed E-state index contributed by atoms with van der Waals surface area (Å²) in [5, 5.41) is 10.2. The minimum Gasteiger partial charge on any atom is -0.479 e. The Bertz CT molecular complexity index is 959. The van der Waals surface area contributed by atoms with Crippen molar-refractivity contribution in [1.82, 2.24) is 0 Å². The van der Waals surface area contributed by atoms with Gasteiger partial charge < -0.3 is 14.3 Å². The molecular weight excluding hydrogens is 332 g/mol. The number of aliphatic carboxylic acids is 1. The van der Waals surface area contributed by atoms with Gasteiger partial charge >= 0.3 is 11.6 Å². The number of carboxylic acid groups (broad SMARTS) is 1. The van der Waals surface area contributed by atoms with Gasteiger partial charge in [-0.25, -0.2) is 9.59 Å². The van der Waals surface area contributed by atoms with Crippen LogP contribution in [0.25, 0.3) is 22.1 Å². The van der Waals surface area contributed by atoms with Crippen LogP contribution in [-0.2, 0) is 4.79 Å². The van der Waals surface area contributed by atoms with E-state index in [0.29, 0.717) is 32.9 Å². The molecule has 0 saturated carbocycles. The summed E-state index contributed by atoms with van der Waals surface area (Å²) in [5.74, 6) is -0.755. The number of hydrogen-bond donors (Lipinski definition) is 1. The molecule has 0 bridgehead atoms.